The molecule has 9 heterocycles. The summed E-state index contributed by atoms with van der Waals surface area (Å²) < 4.78 is 93.2. The molecule has 4 aromatic heterocycles. The Morgan fingerprint density at radius 2 is 1.23 bits per heavy atom. The number of nitrogens with zero attached hydrogens (tertiary/aromatic N) is 6. The fourth-order valence-electron chi connectivity index (χ4n) is 21.6. The topological polar surface area (TPSA) is 327 Å². The molecule has 10 aromatic rings. The molecule has 680 valence electrons. The first-order chi connectivity index (χ1) is 62.7. The number of aryl methyl sites for hydroxylation is 1. The summed E-state index contributed by atoms with van der Waals surface area (Å²) in [6.07, 6.45) is 15.7. The number of oxazole rings is 1. The minimum absolute atomic E-state index is 0.00235. The lowest BCUT2D eigenvalue weighted by Gasteiger charge is -2.70. The summed E-state index contributed by atoms with van der Waals surface area (Å²) in [5, 5.41) is 40.1. The van der Waals surface area contributed by atoms with E-state index in [2.05, 4.69) is 51.4 Å². The predicted octanol–water partition coefficient (Wildman–Crippen LogP) is 18.5. The van der Waals surface area contributed by atoms with Crippen LogP contribution in [0.2, 0.25) is 20.1 Å². The molecule has 6 aromatic carbocycles. The van der Waals surface area contributed by atoms with Crippen molar-refractivity contribution in [2.24, 2.45) is 17.3 Å². The minimum Gasteiger partial charge on any atom is -0.482 e. The number of rotatable bonds is 21. The fourth-order valence-corrected chi connectivity index (χ4v) is 23.2. The Bertz CT molecular complexity index is 6170. The first-order valence-corrected chi connectivity index (χ1v) is 46.5. The standard InChI is InChI=1S/C25H21ClFN3O3.C25H22ClNO4.C24H25ClF2N2O6.C24H23ClN2O4S/c1-14-6-15(2-4-18(14)27)19-9-30(13-28-19)25-10-24(11-25,12-25)29-23(32)22-8-20(31)17-7-16(26)3-5-21(17)33-22;26-16-6-7-20-17(8-16)18(28)9-21(30-20)19(29)10-24-12-25(13-24,14-24)22-11-27-23(31-22)15-4-2-1-3-5-15;1-24(26,27)35-15-7-13(8-15)22-28-29-23(34-22)20-4-2-12(11-32-20)6-18(31)21-10-17(30)16-9-14(25)3-5-19(16)33-21;1-2-13-5-15(6-13)30-22-26-20(9-32-22)23-10-24(11-23,12-23)27-21(29)19-8-17(28)16-7-14(25)3-4-18(16)31-19/h2-7,9,13,22H,8,10-12H2,1H3,(H,29,32);1-8,11,18,21,28H,9-10,12-14H2;3,5,9,12-13,15,20-21H,2,4,6-8,10-11H2,1H3;1,3-4,7,9,13,15,17,19,28H,5-6,8,10-12H2,(H,27,29)/t22-,24?,25?;18-,21-,24?,25?;12-,13?,15?,20-,21-;13?,15?,17-,19-,23?,24?/m1101/s1. The second-order valence-corrected chi connectivity index (χ2v) is 40.7. The molecule has 2 amide bonds. The second-order valence-electron chi connectivity index (χ2n) is 38.1. The van der Waals surface area contributed by atoms with Gasteiger partial charge in [-0.1, -0.05) is 75.9 Å². The molecule has 26 rings (SSSR count). The van der Waals surface area contributed by atoms with Crippen LogP contribution in [0.3, 0.4) is 0 Å². The summed E-state index contributed by atoms with van der Waals surface area (Å²) in [5.74, 6) is 6.12. The molecular weight excluding hydrogens is 1790 g/mol. The molecule has 25 nitrogen and oxygen atoms in total. The number of ether oxygens (including phenoxy) is 7. The van der Waals surface area contributed by atoms with Gasteiger partial charge in [0.2, 0.25) is 17.7 Å². The van der Waals surface area contributed by atoms with Crippen LogP contribution in [0, 0.1) is 42.3 Å². The summed E-state index contributed by atoms with van der Waals surface area (Å²) in [6.45, 7) is 2.80. The van der Waals surface area contributed by atoms with E-state index in [0.29, 0.717) is 138 Å². The van der Waals surface area contributed by atoms with Crippen LogP contribution in [0.25, 0.3) is 22.7 Å². The Kier molecular flexibility index (Phi) is 23.1. The third-order valence-electron chi connectivity index (χ3n) is 28.3. The van der Waals surface area contributed by atoms with Crippen molar-refractivity contribution in [1.82, 2.24) is 40.3 Å². The number of Topliss-reactive ketones (excluding diaryl/α,β-unsaturated/α-hetero) is 4. The van der Waals surface area contributed by atoms with Crippen molar-refractivity contribution >= 4 is 92.7 Å². The van der Waals surface area contributed by atoms with Crippen LogP contribution < -0.4 is 34.3 Å². The van der Waals surface area contributed by atoms with E-state index in [1.165, 1.54) is 17.4 Å². The average Bonchev–Trinajstić information content (AvgIpc) is 1.41. The third kappa shape index (κ3) is 17.6. The summed E-state index contributed by atoms with van der Waals surface area (Å²) in [6, 6.07) is 34.7. The molecule has 11 aliphatic carbocycles. The first kappa shape index (κ1) is 88.4. The Hall–Kier alpha value is -10.5. The molecule has 6 bridgehead atoms. The molecule has 4 N–H and O–H groups in total. The van der Waals surface area contributed by atoms with Crippen LogP contribution >= 0.6 is 57.7 Å². The molecule has 16 aliphatic rings. The number of carbonyl (C=O) groups excluding carboxylic acids is 6. The number of benzene rings is 6. The van der Waals surface area contributed by atoms with Gasteiger partial charge in [0.15, 0.2) is 47.5 Å². The predicted molar refractivity (Wildman–Crippen MR) is 472 cm³/mol. The molecule has 12 fully saturated rings. The van der Waals surface area contributed by atoms with Crippen LogP contribution in [0.5, 0.6) is 28.2 Å². The van der Waals surface area contributed by atoms with Gasteiger partial charge in [0.1, 0.15) is 46.8 Å². The van der Waals surface area contributed by atoms with E-state index in [0.717, 1.165) is 106 Å². The molecule has 0 spiro atoms. The van der Waals surface area contributed by atoms with Gasteiger partial charge < -0.3 is 67.4 Å². The van der Waals surface area contributed by atoms with Gasteiger partial charge >= 0.3 is 6.11 Å². The van der Waals surface area contributed by atoms with E-state index in [-0.39, 0.29) is 130 Å². The lowest BCUT2D eigenvalue weighted by molar-refractivity contribution is -0.265. The molecule has 0 unspecified atom stereocenters. The number of thiazole rings is 1. The average molecular weight is 1880 g/mol. The van der Waals surface area contributed by atoms with E-state index in [1.807, 2.05) is 49.1 Å². The zero-order valence-corrected chi connectivity index (χ0v) is 75.0. The van der Waals surface area contributed by atoms with Crippen molar-refractivity contribution in [3.05, 3.63) is 222 Å². The van der Waals surface area contributed by atoms with Crippen LogP contribution in [0.1, 0.15) is 227 Å². The summed E-state index contributed by atoms with van der Waals surface area (Å²) in [4.78, 5) is 90.1. The molecule has 5 aliphatic heterocycles. The molecule has 0 radical (unpaired) electrons. The Labute approximate surface area is 774 Å². The van der Waals surface area contributed by atoms with E-state index in [4.69, 9.17) is 95.1 Å². The number of hydrogen-bond donors (Lipinski definition) is 4. The number of terminal acetylenes is 1. The molecule has 8 atom stereocenters. The fraction of sp³-hybridized carbons (Fsp3) is 0.439. The maximum Gasteiger partial charge on any atom is 0.353 e. The van der Waals surface area contributed by atoms with Gasteiger partial charge in [-0.2, -0.15) is 8.78 Å². The van der Waals surface area contributed by atoms with Gasteiger partial charge in [0.25, 0.3) is 17.0 Å². The number of amides is 2. The Balaban J connectivity index is 0.000000109. The van der Waals surface area contributed by atoms with Crippen molar-refractivity contribution in [3.63, 3.8) is 0 Å². The highest BCUT2D eigenvalue weighted by Gasteiger charge is 2.72. The summed E-state index contributed by atoms with van der Waals surface area (Å²) in [7, 11) is 0. The number of halogens is 7. The van der Waals surface area contributed by atoms with Crippen molar-refractivity contribution in [2.45, 2.75) is 243 Å². The van der Waals surface area contributed by atoms with Crippen LogP contribution in [0.4, 0.5) is 13.2 Å². The number of alkyl halides is 2. The smallest absolute Gasteiger partial charge is 0.353 e. The van der Waals surface area contributed by atoms with E-state index in [9.17, 15) is 52.2 Å². The molecule has 1 saturated heterocycles. The van der Waals surface area contributed by atoms with Gasteiger partial charge in [-0.25, -0.2) is 19.3 Å². The Morgan fingerprint density at radius 3 is 1.85 bits per heavy atom. The number of nitrogens with one attached hydrogen (secondary N) is 2. The highest BCUT2D eigenvalue weighted by molar-refractivity contribution is 7.11. The minimum atomic E-state index is -3.15. The number of carbonyl (C=O) groups is 6. The van der Waals surface area contributed by atoms with E-state index < -0.39 is 48.8 Å². The number of aliphatic hydroxyl groups is 2. The number of aliphatic hydroxyl groups excluding tert-OH is 2. The highest BCUT2D eigenvalue weighted by atomic mass is 35.5. The molecule has 11 saturated carbocycles. The van der Waals surface area contributed by atoms with Crippen LogP contribution in [0.15, 0.2) is 154 Å². The molecule has 33 heteroatoms. The highest BCUT2D eigenvalue weighted by Crippen LogP contribution is 2.75. The summed E-state index contributed by atoms with van der Waals surface area (Å²) >= 11 is 25.5. The second kappa shape index (κ2) is 34.2. The quantitative estimate of drug-likeness (QED) is 0.0486. The van der Waals surface area contributed by atoms with E-state index in [1.54, 1.807) is 91.9 Å². The zero-order valence-electron chi connectivity index (χ0n) is 71.2. The molecule has 131 heavy (non-hydrogen) atoms. The first-order valence-electron chi connectivity index (χ1n) is 44.1. The van der Waals surface area contributed by atoms with Gasteiger partial charge in [-0.15, -0.1) is 22.5 Å². The number of imidazole rings is 1. The Morgan fingerprint density at radius 1 is 0.641 bits per heavy atom. The third-order valence-corrected chi connectivity index (χ3v) is 30.0. The van der Waals surface area contributed by atoms with Crippen molar-refractivity contribution in [3.8, 4) is 63.2 Å². The van der Waals surface area contributed by atoms with Crippen LogP contribution in [-0.2, 0) is 45.0 Å². The maximum atomic E-state index is 13.6. The van der Waals surface area contributed by atoms with E-state index >= 15 is 0 Å². The van der Waals surface area contributed by atoms with Gasteiger partial charge in [-0.05, 0) is 223 Å². The number of ketones is 4. The summed E-state index contributed by atoms with van der Waals surface area (Å²) in [5.41, 5.74) is 6.00. The number of fused-ring (bicyclic) bond motifs is 4. The monoisotopic (exact) mass is 1880 g/mol. The van der Waals surface area contributed by atoms with Crippen LogP contribution in [-0.4, -0.2) is 135 Å². The van der Waals surface area contributed by atoms with Crippen molar-refractivity contribution < 1.29 is 94.1 Å². The number of aromatic nitrogens is 6. The normalized spacial score (nSPS) is 30.6. The SMILES string of the molecule is C#CC1CC(Oc2nc(C34CC(NC(=O)[C@H]5C[C@@H](O)c6cc(Cl)ccc6O5)(C3)C4)cs2)C1.CC(F)(F)OC1CC(c2nnc([C@@H]3CC[C@@H](CC(=O)[C@@H]4CC(=O)c5cc(Cl)ccc5O4)CO3)o2)C1.Cc1cc(-c2cn(C34CC(NC(=O)[C@H]5CC(=O)c6cc(Cl)ccc6O5)(C3)C4)cn2)ccc1F.O=C(CC12CC(c3cnc(-c4ccccc4)o3)(C1)C2)[C@H]1C[C@@H](O)c2cc(Cl)ccc2O1. The molecular formula is C98H91Cl4F3N8O17S. The zero-order chi connectivity index (χ0) is 91.0. The van der Waals surface area contributed by atoms with Gasteiger partial charge in [0.05, 0.1) is 78.3 Å². The van der Waals surface area contributed by atoms with Gasteiger partial charge in [-0.3, -0.25) is 28.8 Å². The largest absolute Gasteiger partial charge is 0.482 e. The van der Waals surface area contributed by atoms with Crippen molar-refractivity contribution in [1.29, 1.82) is 0 Å². The van der Waals surface area contributed by atoms with Gasteiger partial charge in [0, 0.05) is 120 Å². The maximum absolute atomic E-state index is 13.6. The number of hydrogen-bond acceptors (Lipinski definition) is 23. The lowest BCUT2D eigenvalue weighted by atomic mass is 9.33. The lowest BCUT2D eigenvalue weighted by Crippen LogP contribution is -2.79. The van der Waals surface area contributed by atoms with Crippen molar-refractivity contribution in [2.75, 3.05) is 6.61 Å².